The van der Waals surface area contributed by atoms with Crippen LogP contribution in [0.15, 0.2) is 36.5 Å². The molecule has 78 heavy (non-hydrogen) atoms. The van der Waals surface area contributed by atoms with Crippen LogP contribution in [0, 0.1) is 0 Å². The summed E-state index contributed by atoms with van der Waals surface area (Å²) in [7, 11) is 1.28. The van der Waals surface area contributed by atoms with Gasteiger partial charge >= 0.3 is 0 Å². The Morgan fingerprint density at radius 1 is 0.449 bits per heavy atom. The summed E-state index contributed by atoms with van der Waals surface area (Å²) >= 11 is 0. The second-order valence-electron chi connectivity index (χ2n) is 24.9. The maximum Gasteiger partial charge on any atom is 0.268 e. The Bertz CT molecular complexity index is 1360. The van der Waals surface area contributed by atoms with Crippen LogP contribution in [-0.4, -0.2) is 68.5 Å². The number of nitrogens with one attached hydrogen (secondary N) is 1. The Hall–Kier alpha value is -1.28. The van der Waals surface area contributed by atoms with E-state index in [0.29, 0.717) is 17.4 Å². The van der Waals surface area contributed by atoms with Crippen LogP contribution in [0.1, 0.15) is 348 Å². The van der Waals surface area contributed by atoms with E-state index in [1.165, 1.54) is 283 Å². The highest BCUT2D eigenvalue weighted by Crippen LogP contribution is 2.38. The van der Waals surface area contributed by atoms with E-state index in [-0.39, 0.29) is 19.1 Å². The van der Waals surface area contributed by atoms with Crippen molar-refractivity contribution in [1.29, 1.82) is 0 Å². The summed E-state index contributed by atoms with van der Waals surface area (Å²) in [4.78, 5) is 25.6. The van der Waals surface area contributed by atoms with E-state index in [9.17, 15) is 19.4 Å². The molecule has 0 spiro atoms. The number of amides is 1. The van der Waals surface area contributed by atoms with Gasteiger partial charge in [-0.2, -0.15) is 0 Å². The average molecular weight is 1120 g/mol. The van der Waals surface area contributed by atoms with Crippen LogP contribution in [0.2, 0.25) is 0 Å². The van der Waals surface area contributed by atoms with E-state index in [2.05, 4.69) is 43.5 Å². The number of aliphatic hydroxyl groups is 1. The van der Waals surface area contributed by atoms with Crippen molar-refractivity contribution >= 4 is 13.7 Å². The van der Waals surface area contributed by atoms with Gasteiger partial charge < -0.3 is 28.8 Å². The number of rotatable bonds is 64. The maximum atomic E-state index is 13.0. The number of unbranched alkanes of at least 4 members (excludes halogenated alkanes) is 47. The molecule has 0 aromatic carbocycles. The van der Waals surface area contributed by atoms with Crippen molar-refractivity contribution in [3.8, 4) is 0 Å². The van der Waals surface area contributed by atoms with E-state index in [1.807, 2.05) is 27.2 Å². The molecule has 0 fully saturated rings. The number of phosphoric ester groups is 1. The van der Waals surface area contributed by atoms with Crippen LogP contribution in [0.5, 0.6) is 0 Å². The number of aliphatic hydroxyl groups excluding tert-OH is 1. The van der Waals surface area contributed by atoms with Crippen LogP contribution in [0.4, 0.5) is 0 Å². The minimum absolute atomic E-state index is 0.000731. The predicted octanol–water partition coefficient (Wildman–Crippen LogP) is 21.0. The lowest BCUT2D eigenvalue weighted by Crippen LogP contribution is -2.45. The fourth-order valence-corrected chi connectivity index (χ4v) is 11.2. The Kier molecular flexibility index (Phi) is 59.3. The van der Waals surface area contributed by atoms with Gasteiger partial charge in [0.25, 0.3) is 7.82 Å². The molecule has 0 aliphatic carbocycles. The molecule has 8 nitrogen and oxygen atoms in total. The monoisotopic (exact) mass is 1120 g/mol. The minimum atomic E-state index is -4.60. The highest BCUT2D eigenvalue weighted by molar-refractivity contribution is 7.45. The quantitative estimate of drug-likeness (QED) is 0.0272. The number of allylic oxidation sites excluding steroid dienone is 5. The average Bonchev–Trinajstić information content (AvgIpc) is 3.41. The molecular weight excluding hydrogens is 984 g/mol. The minimum Gasteiger partial charge on any atom is -0.756 e. The van der Waals surface area contributed by atoms with Crippen LogP contribution < -0.4 is 10.2 Å². The van der Waals surface area contributed by atoms with Gasteiger partial charge in [0.15, 0.2) is 0 Å². The number of hydrogen-bond acceptors (Lipinski definition) is 6. The molecule has 0 aromatic heterocycles. The lowest BCUT2D eigenvalue weighted by Gasteiger charge is -2.29. The molecule has 2 N–H and O–H groups in total. The smallest absolute Gasteiger partial charge is 0.268 e. The zero-order valence-corrected chi connectivity index (χ0v) is 53.8. The van der Waals surface area contributed by atoms with Crippen molar-refractivity contribution in [3.63, 3.8) is 0 Å². The highest BCUT2D eigenvalue weighted by atomic mass is 31.2. The second kappa shape index (κ2) is 60.3. The van der Waals surface area contributed by atoms with E-state index in [0.717, 1.165) is 44.9 Å². The molecule has 462 valence electrons. The van der Waals surface area contributed by atoms with Crippen LogP contribution in [0.25, 0.3) is 0 Å². The Morgan fingerprint density at radius 3 is 1.06 bits per heavy atom. The van der Waals surface area contributed by atoms with Crippen molar-refractivity contribution in [2.75, 3.05) is 40.9 Å². The third kappa shape index (κ3) is 62.3. The zero-order chi connectivity index (χ0) is 57.0. The Balaban J connectivity index is 4.04. The lowest BCUT2D eigenvalue weighted by atomic mass is 10.0. The zero-order valence-electron chi connectivity index (χ0n) is 52.9. The van der Waals surface area contributed by atoms with Crippen LogP contribution >= 0.6 is 7.82 Å². The Labute approximate surface area is 487 Å². The molecule has 0 saturated heterocycles. The molecule has 3 atom stereocenters. The number of phosphoric acid groups is 1. The van der Waals surface area contributed by atoms with E-state index in [4.69, 9.17) is 9.05 Å². The number of likely N-dealkylation sites (N-methyl/N-ethyl adjacent to an activating group) is 1. The summed E-state index contributed by atoms with van der Waals surface area (Å²) in [5, 5.41) is 14.0. The van der Waals surface area contributed by atoms with E-state index in [1.54, 1.807) is 6.08 Å². The van der Waals surface area contributed by atoms with Crippen LogP contribution in [-0.2, 0) is 18.4 Å². The van der Waals surface area contributed by atoms with Crippen molar-refractivity contribution in [2.45, 2.75) is 360 Å². The number of nitrogens with zero attached hydrogens (tertiary/aromatic N) is 1. The first-order valence-corrected chi connectivity index (χ1v) is 35.8. The number of carbonyl (C=O) groups is 1. The summed E-state index contributed by atoms with van der Waals surface area (Å²) in [6.45, 7) is 4.70. The van der Waals surface area contributed by atoms with Crippen molar-refractivity contribution in [3.05, 3.63) is 36.5 Å². The summed E-state index contributed by atoms with van der Waals surface area (Å²) in [6.07, 6.45) is 79.7. The summed E-state index contributed by atoms with van der Waals surface area (Å²) in [5.41, 5.74) is 0. The molecule has 0 bridgehead atoms. The molecule has 0 radical (unpaired) electrons. The fourth-order valence-electron chi connectivity index (χ4n) is 10.5. The van der Waals surface area contributed by atoms with Crippen molar-refractivity contribution in [1.82, 2.24) is 5.32 Å². The van der Waals surface area contributed by atoms with Gasteiger partial charge in [-0.3, -0.25) is 9.36 Å². The first-order chi connectivity index (χ1) is 38.0. The SMILES string of the molecule is CCCCCCCCCCC/C=C\C/C=C\CCCCCCCCCCCCCCCCCCCC(=O)NC(COP(=O)([O-])OCC[N+](C)(C)C)C(O)/C=C/CCCCCCCCCCCCCCCCCCCCCCC. The third-order valence-electron chi connectivity index (χ3n) is 15.8. The molecule has 0 aromatic rings. The molecule has 3 unspecified atom stereocenters. The van der Waals surface area contributed by atoms with E-state index >= 15 is 0 Å². The molecule has 0 aliphatic heterocycles. The van der Waals surface area contributed by atoms with Gasteiger partial charge in [-0.25, -0.2) is 0 Å². The van der Waals surface area contributed by atoms with Crippen molar-refractivity contribution in [2.24, 2.45) is 0 Å². The fraction of sp³-hybridized carbons (Fsp3) is 0.899. The van der Waals surface area contributed by atoms with Crippen LogP contribution in [0.3, 0.4) is 0 Å². The molecular formula is C69H135N2O6P. The third-order valence-corrected chi connectivity index (χ3v) is 16.8. The molecule has 0 rings (SSSR count). The van der Waals surface area contributed by atoms with Gasteiger partial charge in [-0.05, 0) is 51.4 Å². The first kappa shape index (κ1) is 76.7. The standard InChI is InChI=1S/C69H135N2O6P/c1-6-8-10-12-14-16-18-20-22-24-26-28-30-31-32-33-34-35-36-37-38-39-41-43-45-47-49-51-53-55-57-59-61-63-69(73)70-67(66-77-78(74,75)76-65-64-71(3,4)5)68(72)62-60-58-56-54-52-50-48-46-44-42-40-29-27-25-23-21-19-17-15-13-11-9-7-2/h26,28,31-32,60,62,67-68,72H,6-25,27,29-30,33-59,61,63-66H2,1-5H3,(H-,70,73,74,75)/b28-26-,32-31-,62-60+. The molecule has 9 heteroatoms. The van der Waals surface area contributed by atoms with Gasteiger partial charge in [0.2, 0.25) is 5.91 Å². The van der Waals surface area contributed by atoms with E-state index < -0.39 is 20.0 Å². The summed E-state index contributed by atoms with van der Waals surface area (Å²) in [6, 6.07) is -0.887. The van der Waals surface area contributed by atoms with Gasteiger partial charge in [0.1, 0.15) is 13.2 Å². The predicted molar refractivity (Wildman–Crippen MR) is 339 cm³/mol. The largest absolute Gasteiger partial charge is 0.756 e. The molecule has 0 aliphatic rings. The normalized spacial score (nSPS) is 13.9. The van der Waals surface area contributed by atoms with Gasteiger partial charge in [-0.15, -0.1) is 0 Å². The number of carbonyl (C=O) groups excluding carboxylic acids is 1. The molecule has 1 amide bonds. The maximum absolute atomic E-state index is 13.0. The Morgan fingerprint density at radius 2 is 0.744 bits per heavy atom. The lowest BCUT2D eigenvalue weighted by molar-refractivity contribution is -0.870. The summed E-state index contributed by atoms with van der Waals surface area (Å²) in [5.74, 6) is -0.191. The number of hydrogen-bond donors (Lipinski definition) is 2. The summed E-state index contributed by atoms with van der Waals surface area (Å²) < 4.78 is 23.4. The van der Waals surface area contributed by atoms with Gasteiger partial charge in [0, 0.05) is 6.42 Å². The molecule has 0 saturated carbocycles. The van der Waals surface area contributed by atoms with Gasteiger partial charge in [-0.1, -0.05) is 326 Å². The topological polar surface area (TPSA) is 108 Å². The molecule has 0 heterocycles. The highest BCUT2D eigenvalue weighted by Gasteiger charge is 2.23. The first-order valence-electron chi connectivity index (χ1n) is 34.4. The number of quaternary nitrogens is 1. The second-order valence-corrected chi connectivity index (χ2v) is 26.3. The van der Waals surface area contributed by atoms with Crippen molar-refractivity contribution < 1.29 is 32.9 Å². The van der Waals surface area contributed by atoms with Gasteiger partial charge in [0.05, 0.1) is 39.9 Å².